The van der Waals surface area contributed by atoms with Crippen molar-refractivity contribution in [1.29, 1.82) is 0 Å². The van der Waals surface area contributed by atoms with Crippen molar-refractivity contribution >= 4 is 50.5 Å². The maximum atomic E-state index is 12.6. The number of sulfonamides is 1. The van der Waals surface area contributed by atoms with Crippen molar-refractivity contribution in [2.45, 2.75) is 19.9 Å². The van der Waals surface area contributed by atoms with E-state index in [1.54, 1.807) is 24.3 Å². The fourth-order valence-electron chi connectivity index (χ4n) is 2.54. The second-order valence-corrected chi connectivity index (χ2v) is 8.54. The fraction of sp³-hybridized carbons (Fsp3) is 0.278. The number of carbonyl (C=O) groups is 1. The van der Waals surface area contributed by atoms with E-state index in [1.165, 1.54) is 25.1 Å². The van der Waals surface area contributed by atoms with Crippen molar-refractivity contribution in [3.63, 3.8) is 0 Å². The Balaban J connectivity index is 2.28. The van der Waals surface area contributed by atoms with Gasteiger partial charge in [-0.25, -0.2) is 8.42 Å². The minimum Gasteiger partial charge on any atom is -0.494 e. The van der Waals surface area contributed by atoms with E-state index in [-0.39, 0.29) is 0 Å². The summed E-state index contributed by atoms with van der Waals surface area (Å²) < 4.78 is 31.1. The predicted octanol–water partition coefficient (Wildman–Crippen LogP) is 4.19. The molecule has 146 valence electrons. The molecule has 0 saturated heterocycles. The van der Waals surface area contributed by atoms with Gasteiger partial charge in [-0.2, -0.15) is 0 Å². The van der Waals surface area contributed by atoms with Crippen LogP contribution >= 0.6 is 23.2 Å². The molecule has 0 aliphatic heterocycles. The molecule has 0 saturated carbocycles. The van der Waals surface area contributed by atoms with Crippen LogP contribution in [0.3, 0.4) is 0 Å². The number of benzene rings is 2. The number of carbonyl (C=O) groups excluding carboxylic acids is 1. The van der Waals surface area contributed by atoms with E-state index in [0.29, 0.717) is 33.8 Å². The largest absolute Gasteiger partial charge is 0.494 e. The summed E-state index contributed by atoms with van der Waals surface area (Å²) in [7, 11) is -3.72. The summed E-state index contributed by atoms with van der Waals surface area (Å²) >= 11 is 11.9. The van der Waals surface area contributed by atoms with Crippen LogP contribution in [0.4, 0.5) is 11.4 Å². The van der Waals surface area contributed by atoms with Crippen molar-refractivity contribution in [1.82, 2.24) is 0 Å². The molecule has 0 radical (unpaired) electrons. The molecule has 0 aromatic heterocycles. The van der Waals surface area contributed by atoms with E-state index >= 15 is 0 Å². The first-order valence-corrected chi connectivity index (χ1v) is 10.7. The average molecular weight is 431 g/mol. The fourth-order valence-corrected chi connectivity index (χ4v) is 4.24. The third-order valence-corrected chi connectivity index (χ3v) is 5.30. The smallest absolute Gasteiger partial charge is 0.247 e. The molecule has 0 fully saturated rings. The molecular formula is C18H20Cl2N2O4S. The summed E-state index contributed by atoms with van der Waals surface area (Å²) in [6, 6.07) is 10.1. The lowest BCUT2D eigenvalue weighted by Crippen LogP contribution is -2.45. The Bertz CT molecular complexity index is 897. The van der Waals surface area contributed by atoms with Gasteiger partial charge in [-0.1, -0.05) is 23.2 Å². The highest BCUT2D eigenvalue weighted by Gasteiger charge is 2.29. The zero-order chi connectivity index (χ0) is 20.2. The first-order valence-electron chi connectivity index (χ1n) is 8.11. The summed E-state index contributed by atoms with van der Waals surface area (Å²) in [4.78, 5) is 12.6. The van der Waals surface area contributed by atoms with Crippen molar-refractivity contribution in [2.75, 3.05) is 22.5 Å². The molecule has 9 heteroatoms. The molecular weight excluding hydrogens is 411 g/mol. The lowest BCUT2D eigenvalue weighted by Gasteiger charge is -2.28. The minimum absolute atomic E-state index is 0.354. The molecule has 0 aliphatic rings. The van der Waals surface area contributed by atoms with Gasteiger partial charge in [-0.05, 0) is 56.3 Å². The predicted molar refractivity (Wildman–Crippen MR) is 109 cm³/mol. The monoisotopic (exact) mass is 430 g/mol. The van der Waals surface area contributed by atoms with Gasteiger partial charge < -0.3 is 10.1 Å². The van der Waals surface area contributed by atoms with Crippen LogP contribution in [-0.4, -0.2) is 33.2 Å². The summed E-state index contributed by atoms with van der Waals surface area (Å²) in [5, 5.41) is 3.36. The van der Waals surface area contributed by atoms with Crippen LogP contribution in [-0.2, 0) is 14.8 Å². The van der Waals surface area contributed by atoms with Crippen LogP contribution in [0.2, 0.25) is 10.0 Å². The highest BCUT2D eigenvalue weighted by atomic mass is 35.5. The molecule has 1 atom stereocenters. The highest BCUT2D eigenvalue weighted by Crippen LogP contribution is 2.26. The Morgan fingerprint density at radius 1 is 1.15 bits per heavy atom. The first-order chi connectivity index (χ1) is 12.6. The molecule has 2 aromatic rings. The number of rotatable bonds is 7. The van der Waals surface area contributed by atoms with Gasteiger partial charge in [-0.15, -0.1) is 0 Å². The Kier molecular flexibility index (Phi) is 6.97. The number of nitrogens with zero attached hydrogens (tertiary/aromatic N) is 1. The Morgan fingerprint density at radius 2 is 1.70 bits per heavy atom. The molecule has 2 aromatic carbocycles. The lowest BCUT2D eigenvalue weighted by atomic mass is 10.2. The summed E-state index contributed by atoms with van der Waals surface area (Å²) in [6.45, 7) is 3.85. The third kappa shape index (κ3) is 5.76. The van der Waals surface area contributed by atoms with E-state index < -0.39 is 22.0 Å². The molecule has 6 nitrogen and oxygen atoms in total. The van der Waals surface area contributed by atoms with E-state index in [0.717, 1.165) is 10.6 Å². The van der Waals surface area contributed by atoms with E-state index in [9.17, 15) is 13.2 Å². The number of amides is 1. The van der Waals surface area contributed by atoms with Crippen LogP contribution in [0, 0.1) is 0 Å². The van der Waals surface area contributed by atoms with Crippen LogP contribution < -0.4 is 14.4 Å². The zero-order valence-corrected chi connectivity index (χ0v) is 17.4. The van der Waals surface area contributed by atoms with Gasteiger partial charge in [0.25, 0.3) is 0 Å². The van der Waals surface area contributed by atoms with Gasteiger partial charge in [0, 0.05) is 15.7 Å². The maximum Gasteiger partial charge on any atom is 0.247 e. The molecule has 2 rings (SSSR count). The maximum absolute atomic E-state index is 12.6. The molecule has 0 spiro atoms. The second kappa shape index (κ2) is 8.82. The van der Waals surface area contributed by atoms with Crippen molar-refractivity contribution in [2.24, 2.45) is 0 Å². The summed E-state index contributed by atoms with van der Waals surface area (Å²) in [5.74, 6) is 0.0908. The Morgan fingerprint density at radius 3 is 2.19 bits per heavy atom. The third-order valence-electron chi connectivity index (χ3n) is 3.62. The van der Waals surface area contributed by atoms with Crippen molar-refractivity contribution in [3.05, 3.63) is 52.5 Å². The first kappa shape index (κ1) is 21.3. The van der Waals surface area contributed by atoms with E-state index in [4.69, 9.17) is 27.9 Å². The quantitative estimate of drug-likeness (QED) is 0.714. The van der Waals surface area contributed by atoms with Gasteiger partial charge in [-0.3, -0.25) is 9.10 Å². The van der Waals surface area contributed by atoms with E-state index in [2.05, 4.69) is 5.32 Å². The molecule has 0 unspecified atom stereocenters. The molecule has 1 amide bonds. The van der Waals surface area contributed by atoms with Crippen LogP contribution in [0.15, 0.2) is 42.5 Å². The normalized spacial score (nSPS) is 12.3. The van der Waals surface area contributed by atoms with Crippen molar-refractivity contribution in [3.8, 4) is 5.75 Å². The molecule has 27 heavy (non-hydrogen) atoms. The van der Waals surface area contributed by atoms with Crippen LogP contribution in [0.25, 0.3) is 0 Å². The number of hydrogen-bond acceptors (Lipinski definition) is 4. The molecule has 0 heterocycles. The van der Waals surface area contributed by atoms with Gasteiger partial charge in [0.1, 0.15) is 11.8 Å². The lowest BCUT2D eigenvalue weighted by molar-refractivity contribution is -0.116. The number of anilines is 2. The molecule has 0 aliphatic carbocycles. The minimum atomic E-state index is -3.72. The zero-order valence-electron chi connectivity index (χ0n) is 15.1. The SMILES string of the molecule is CCOc1ccc(N([C@@H](C)C(=O)Nc2cc(Cl)cc(Cl)c2)S(C)(=O)=O)cc1. The van der Waals surface area contributed by atoms with Gasteiger partial charge in [0.2, 0.25) is 15.9 Å². The molecule has 1 N–H and O–H groups in total. The van der Waals surface area contributed by atoms with Gasteiger partial charge in [0.05, 0.1) is 18.6 Å². The number of nitrogens with one attached hydrogen (secondary N) is 1. The average Bonchev–Trinajstić information content (AvgIpc) is 2.54. The number of halogens is 2. The number of ether oxygens (including phenoxy) is 1. The highest BCUT2D eigenvalue weighted by molar-refractivity contribution is 7.92. The van der Waals surface area contributed by atoms with Crippen LogP contribution in [0.5, 0.6) is 5.75 Å². The topological polar surface area (TPSA) is 75.7 Å². The Hall–Kier alpha value is -1.96. The standard InChI is InChI=1S/C18H20Cl2N2O4S/c1-4-26-17-7-5-16(6-8-17)22(27(3,24)25)12(2)18(23)21-15-10-13(19)9-14(20)11-15/h5-12H,4H2,1-3H3,(H,21,23)/t12-/m0/s1. The number of hydrogen-bond donors (Lipinski definition) is 1. The summed E-state index contributed by atoms with van der Waals surface area (Å²) in [5.41, 5.74) is 0.734. The molecule has 0 bridgehead atoms. The van der Waals surface area contributed by atoms with E-state index in [1.807, 2.05) is 6.92 Å². The Labute approximate surface area is 169 Å². The van der Waals surface area contributed by atoms with Crippen LogP contribution in [0.1, 0.15) is 13.8 Å². The second-order valence-electron chi connectivity index (χ2n) is 5.81. The van der Waals surface area contributed by atoms with Gasteiger partial charge >= 0.3 is 0 Å². The van der Waals surface area contributed by atoms with Crippen molar-refractivity contribution < 1.29 is 17.9 Å². The van der Waals surface area contributed by atoms with Gasteiger partial charge in [0.15, 0.2) is 0 Å². The summed E-state index contributed by atoms with van der Waals surface area (Å²) in [6.07, 6.45) is 1.05.